The predicted octanol–water partition coefficient (Wildman–Crippen LogP) is 5.45. The third-order valence-electron chi connectivity index (χ3n) is 3.70. The van der Waals surface area contributed by atoms with Crippen LogP contribution in [0, 0.1) is 0 Å². The van der Waals surface area contributed by atoms with Crippen molar-refractivity contribution in [3.8, 4) is 0 Å². The second-order valence-corrected chi connectivity index (χ2v) is 9.26. The molecule has 110 valence electrons. The van der Waals surface area contributed by atoms with Gasteiger partial charge in [0.1, 0.15) is 0 Å². The van der Waals surface area contributed by atoms with E-state index in [0.717, 1.165) is 21.3 Å². The molecule has 0 aromatic carbocycles. The van der Waals surface area contributed by atoms with Crippen LogP contribution < -0.4 is 0 Å². The van der Waals surface area contributed by atoms with Crippen LogP contribution in [-0.2, 0) is 10.8 Å². The molecule has 22 heavy (non-hydrogen) atoms. The van der Waals surface area contributed by atoms with Crippen molar-refractivity contribution in [1.29, 1.82) is 0 Å². The van der Waals surface area contributed by atoms with Gasteiger partial charge in [-0.25, -0.2) is 4.21 Å². The van der Waals surface area contributed by atoms with Crippen LogP contribution in [0.3, 0.4) is 0 Å². The minimum atomic E-state index is -1.09. The first kappa shape index (κ1) is 14.4. The van der Waals surface area contributed by atoms with Crippen molar-refractivity contribution in [3.05, 3.63) is 90.2 Å². The summed E-state index contributed by atoms with van der Waals surface area (Å²) < 4.78 is 14.7. The summed E-state index contributed by atoms with van der Waals surface area (Å²) in [5, 5.41) is 0. The Morgan fingerprint density at radius 1 is 0.727 bits per heavy atom. The first-order valence-corrected chi connectivity index (χ1v) is 9.93. The summed E-state index contributed by atoms with van der Waals surface area (Å²) in [7, 11) is -1.09. The predicted molar refractivity (Wildman–Crippen MR) is 99.3 cm³/mol. The van der Waals surface area contributed by atoms with Gasteiger partial charge in [0.25, 0.3) is 0 Å². The Morgan fingerprint density at radius 3 is 1.73 bits per heavy atom. The van der Waals surface area contributed by atoms with Crippen LogP contribution in [0.15, 0.2) is 90.2 Å². The van der Waals surface area contributed by atoms with Crippen molar-refractivity contribution in [2.45, 2.75) is 12.8 Å². The van der Waals surface area contributed by atoms with Gasteiger partial charge in [-0.1, -0.05) is 60.0 Å². The molecule has 0 saturated carbocycles. The zero-order valence-electron chi connectivity index (χ0n) is 11.8. The van der Waals surface area contributed by atoms with Gasteiger partial charge in [-0.15, -0.1) is 0 Å². The van der Waals surface area contributed by atoms with Crippen LogP contribution in [0.5, 0.6) is 0 Å². The van der Waals surface area contributed by atoms with Crippen molar-refractivity contribution < 1.29 is 4.21 Å². The van der Waals surface area contributed by atoms with Crippen LogP contribution in [0.25, 0.3) is 0 Å². The van der Waals surface area contributed by atoms with Gasteiger partial charge in [-0.3, -0.25) is 0 Å². The molecule has 0 amide bonds. The fourth-order valence-electron chi connectivity index (χ4n) is 2.54. The highest BCUT2D eigenvalue weighted by Crippen LogP contribution is 2.46. The first-order valence-electron chi connectivity index (χ1n) is 7.15. The van der Waals surface area contributed by atoms with Crippen molar-refractivity contribution in [3.63, 3.8) is 0 Å². The normalized spacial score (nSPS) is 22.8. The third kappa shape index (κ3) is 2.71. The average Bonchev–Trinajstić information content (AvgIpc) is 2.60. The Hall–Kier alpha value is -1.23. The smallest absolute Gasteiger partial charge is 0.0986 e. The lowest BCUT2D eigenvalue weighted by Crippen LogP contribution is -2.03. The molecule has 4 aliphatic rings. The summed E-state index contributed by atoms with van der Waals surface area (Å²) in [6.45, 7) is 0. The van der Waals surface area contributed by atoms with Crippen LogP contribution in [-0.4, -0.2) is 4.21 Å². The van der Waals surface area contributed by atoms with Gasteiger partial charge in [0.05, 0.1) is 19.3 Å². The second kappa shape index (κ2) is 6.11. The Balaban J connectivity index is 1.59. The average molecular weight is 343 g/mol. The molecule has 0 fully saturated rings. The highest BCUT2D eigenvalue weighted by atomic mass is 32.3. The molecule has 0 spiro atoms. The zero-order valence-corrected chi connectivity index (χ0v) is 14.3. The van der Waals surface area contributed by atoms with Crippen molar-refractivity contribution in [2.75, 3.05) is 0 Å². The van der Waals surface area contributed by atoms with E-state index in [2.05, 4.69) is 48.6 Å². The topological polar surface area (TPSA) is 17.1 Å². The van der Waals surface area contributed by atoms with Gasteiger partial charge in [0.15, 0.2) is 0 Å². The van der Waals surface area contributed by atoms with Crippen LogP contribution in [0.4, 0.5) is 0 Å². The third-order valence-corrected chi connectivity index (χ3v) is 8.03. The molecule has 2 aliphatic heterocycles. The zero-order chi connectivity index (χ0) is 14.9. The molecule has 2 heterocycles. The van der Waals surface area contributed by atoms with Crippen LogP contribution >= 0.6 is 23.5 Å². The van der Waals surface area contributed by atoms with Gasteiger partial charge in [-0.2, -0.15) is 0 Å². The van der Waals surface area contributed by atoms with E-state index in [-0.39, 0.29) is 0 Å². The molecule has 0 saturated heterocycles. The molecular weight excluding hydrogens is 328 g/mol. The maximum absolute atomic E-state index is 12.9. The molecule has 4 heteroatoms. The van der Waals surface area contributed by atoms with Crippen molar-refractivity contribution in [1.82, 2.24) is 0 Å². The number of hydrogen-bond donors (Lipinski definition) is 0. The molecule has 2 aliphatic carbocycles. The SMILES string of the molecule is O=S(C1=CC=C2CC=CC=C2S1)C1=CC=C2CC=CC=C2S1. The Morgan fingerprint density at radius 2 is 1.23 bits per heavy atom. The largest absolute Gasteiger partial charge is 0.248 e. The Labute approximate surface area is 141 Å². The Kier molecular flexibility index (Phi) is 3.99. The van der Waals surface area contributed by atoms with E-state index in [4.69, 9.17) is 0 Å². The van der Waals surface area contributed by atoms with E-state index in [1.165, 1.54) is 21.0 Å². The van der Waals surface area contributed by atoms with E-state index in [0.29, 0.717) is 0 Å². The summed E-state index contributed by atoms with van der Waals surface area (Å²) in [6.07, 6.45) is 22.9. The standard InChI is InChI=1S/C18H14OS3/c19-22(17-11-9-13-5-1-3-7-15(13)20-17)18-12-10-14-6-2-4-8-16(14)21-18/h1-4,7-12H,5-6H2. The number of thioether (sulfide) groups is 2. The summed E-state index contributed by atoms with van der Waals surface area (Å²) in [5.41, 5.74) is 2.64. The number of rotatable bonds is 2. The van der Waals surface area contributed by atoms with Gasteiger partial charge < -0.3 is 0 Å². The van der Waals surface area contributed by atoms with Gasteiger partial charge in [0, 0.05) is 9.81 Å². The molecule has 0 unspecified atom stereocenters. The Bertz CT molecular complexity index is 732. The van der Waals surface area contributed by atoms with Gasteiger partial charge in [0.2, 0.25) is 0 Å². The van der Waals surface area contributed by atoms with Gasteiger partial charge in [-0.05, 0) is 48.3 Å². The molecule has 0 aromatic heterocycles. The summed E-state index contributed by atoms with van der Waals surface area (Å²) in [6, 6.07) is 0. The molecule has 0 bridgehead atoms. The van der Waals surface area contributed by atoms with E-state index >= 15 is 0 Å². The molecule has 0 aromatic rings. The first-order chi connectivity index (χ1) is 10.8. The molecule has 1 nitrogen and oxygen atoms in total. The second-order valence-electron chi connectivity index (χ2n) is 5.15. The van der Waals surface area contributed by atoms with Crippen LogP contribution in [0.1, 0.15) is 12.8 Å². The summed E-state index contributed by atoms with van der Waals surface area (Å²) >= 11 is 3.28. The number of fused-ring (bicyclic) bond motifs is 2. The molecule has 0 radical (unpaired) electrons. The lowest BCUT2D eigenvalue weighted by molar-refractivity contribution is 0.692. The number of hydrogen-bond acceptors (Lipinski definition) is 3. The van der Waals surface area contributed by atoms with Gasteiger partial charge >= 0.3 is 0 Å². The highest BCUT2D eigenvalue weighted by molar-refractivity contribution is 8.27. The van der Waals surface area contributed by atoms with Crippen molar-refractivity contribution >= 4 is 34.3 Å². The maximum Gasteiger partial charge on any atom is 0.0986 e. The quantitative estimate of drug-likeness (QED) is 0.664. The maximum atomic E-state index is 12.9. The highest BCUT2D eigenvalue weighted by Gasteiger charge is 2.24. The van der Waals surface area contributed by atoms with E-state index in [1.807, 2.05) is 12.2 Å². The lowest BCUT2D eigenvalue weighted by Gasteiger charge is -2.21. The molecule has 0 N–H and O–H groups in total. The monoisotopic (exact) mass is 342 g/mol. The molecular formula is C18H14OS3. The van der Waals surface area contributed by atoms with E-state index in [9.17, 15) is 4.21 Å². The minimum absolute atomic E-state index is 0.924. The fraction of sp³-hybridized carbons (Fsp3) is 0.111. The fourth-order valence-corrected chi connectivity index (χ4v) is 6.52. The molecule has 0 atom stereocenters. The van der Waals surface area contributed by atoms with Crippen molar-refractivity contribution in [2.24, 2.45) is 0 Å². The summed E-state index contributed by atoms with van der Waals surface area (Å²) in [4.78, 5) is 2.46. The minimum Gasteiger partial charge on any atom is -0.248 e. The number of allylic oxidation sites excluding steroid dienone is 12. The molecule has 4 rings (SSSR count). The van der Waals surface area contributed by atoms with E-state index in [1.54, 1.807) is 23.5 Å². The van der Waals surface area contributed by atoms with E-state index < -0.39 is 10.8 Å². The lowest BCUT2D eigenvalue weighted by atomic mass is 10.1. The van der Waals surface area contributed by atoms with Crippen LogP contribution in [0.2, 0.25) is 0 Å². The summed E-state index contributed by atoms with van der Waals surface area (Å²) in [5.74, 6) is 0.